The van der Waals surface area contributed by atoms with Gasteiger partial charge in [0.05, 0.1) is 23.5 Å². The summed E-state index contributed by atoms with van der Waals surface area (Å²) in [6.45, 7) is 4.02. The summed E-state index contributed by atoms with van der Waals surface area (Å²) in [6, 6.07) is 1.94. The van der Waals surface area contributed by atoms with Crippen LogP contribution in [-0.4, -0.2) is 56.8 Å². The second-order valence-electron chi connectivity index (χ2n) is 6.19. The summed E-state index contributed by atoms with van der Waals surface area (Å²) in [6.07, 6.45) is 4.70. The number of rotatable bonds is 2. The predicted molar refractivity (Wildman–Crippen MR) is 89.4 cm³/mol. The largest absolute Gasteiger partial charge is 0.332 e. The second-order valence-corrected chi connectivity index (χ2v) is 6.19. The molecule has 2 atom stereocenters. The van der Waals surface area contributed by atoms with Crippen molar-refractivity contribution in [2.75, 3.05) is 13.1 Å². The summed E-state index contributed by atoms with van der Waals surface area (Å²) >= 11 is 0. The van der Waals surface area contributed by atoms with Crippen molar-refractivity contribution in [3.63, 3.8) is 0 Å². The molecule has 1 saturated heterocycles. The Bertz CT molecular complexity index is 776. The fraction of sp³-hybridized carbons (Fsp3) is 0.333. The second kappa shape index (κ2) is 7.15. The third-order valence-corrected chi connectivity index (χ3v) is 4.79. The van der Waals surface area contributed by atoms with Crippen LogP contribution in [0.3, 0.4) is 0 Å². The molecule has 0 aromatic carbocycles. The molecule has 26 heavy (non-hydrogen) atoms. The van der Waals surface area contributed by atoms with Gasteiger partial charge in [-0.15, -0.1) is 0 Å². The molecule has 3 heterocycles. The zero-order chi connectivity index (χ0) is 18.8. The molecule has 0 aliphatic carbocycles. The SMILES string of the molecule is CC1C(C)N(C(=O)c2ccncc2F)CCN1C(=O)c1ccncc1F. The van der Waals surface area contributed by atoms with Crippen molar-refractivity contribution in [2.45, 2.75) is 25.9 Å². The molecular formula is C18H18F2N4O2. The van der Waals surface area contributed by atoms with Crippen LogP contribution < -0.4 is 0 Å². The molecule has 8 heteroatoms. The van der Waals surface area contributed by atoms with Crippen molar-refractivity contribution in [3.8, 4) is 0 Å². The molecule has 0 radical (unpaired) electrons. The number of carbonyl (C=O) groups is 2. The first-order valence-corrected chi connectivity index (χ1v) is 8.22. The molecule has 1 aliphatic rings. The number of amides is 2. The number of nitrogens with zero attached hydrogens (tertiary/aromatic N) is 4. The number of hydrogen-bond acceptors (Lipinski definition) is 4. The summed E-state index contributed by atoms with van der Waals surface area (Å²) in [5, 5.41) is 0. The standard InChI is InChI=1S/C18H18F2N4O2/c1-11-12(2)24(18(26)14-4-6-22-10-16(14)20)8-7-23(11)17(25)13-3-5-21-9-15(13)19/h3-6,9-12H,7-8H2,1-2H3. The minimum absolute atomic E-state index is 0.0565. The van der Waals surface area contributed by atoms with E-state index in [4.69, 9.17) is 0 Å². The van der Waals surface area contributed by atoms with E-state index in [1.165, 1.54) is 34.3 Å². The molecule has 2 aromatic heterocycles. The number of pyridine rings is 2. The van der Waals surface area contributed by atoms with Gasteiger partial charge in [0.2, 0.25) is 0 Å². The summed E-state index contributed by atoms with van der Waals surface area (Å²) in [5.74, 6) is -2.28. The Morgan fingerprint density at radius 1 is 0.885 bits per heavy atom. The van der Waals surface area contributed by atoms with Crippen molar-refractivity contribution < 1.29 is 18.4 Å². The number of carbonyl (C=O) groups excluding carboxylic acids is 2. The maximum absolute atomic E-state index is 13.9. The first-order chi connectivity index (χ1) is 12.4. The molecule has 2 amide bonds. The van der Waals surface area contributed by atoms with Gasteiger partial charge in [-0.05, 0) is 26.0 Å². The first kappa shape index (κ1) is 17.9. The van der Waals surface area contributed by atoms with Gasteiger partial charge in [0.25, 0.3) is 11.8 Å². The molecule has 3 rings (SSSR count). The Kier molecular flexibility index (Phi) is 4.92. The van der Waals surface area contributed by atoms with E-state index in [0.717, 1.165) is 12.4 Å². The van der Waals surface area contributed by atoms with Gasteiger partial charge in [0.1, 0.15) is 0 Å². The molecule has 1 fully saturated rings. The normalized spacial score (nSPS) is 20.2. The first-order valence-electron chi connectivity index (χ1n) is 8.22. The Morgan fingerprint density at radius 2 is 1.27 bits per heavy atom. The number of hydrogen-bond donors (Lipinski definition) is 0. The lowest BCUT2D eigenvalue weighted by Gasteiger charge is -2.45. The molecule has 2 aromatic rings. The van der Waals surface area contributed by atoms with Crippen LogP contribution in [0, 0.1) is 11.6 Å². The smallest absolute Gasteiger partial charge is 0.257 e. The highest BCUT2D eigenvalue weighted by molar-refractivity contribution is 5.96. The Morgan fingerprint density at radius 3 is 1.62 bits per heavy atom. The van der Waals surface area contributed by atoms with E-state index in [1.807, 2.05) is 0 Å². The van der Waals surface area contributed by atoms with Gasteiger partial charge in [0.15, 0.2) is 11.6 Å². The maximum Gasteiger partial charge on any atom is 0.257 e. The molecule has 6 nitrogen and oxygen atoms in total. The quantitative estimate of drug-likeness (QED) is 0.823. The number of piperazine rings is 1. The van der Waals surface area contributed by atoms with E-state index < -0.39 is 23.4 Å². The van der Waals surface area contributed by atoms with Crippen molar-refractivity contribution in [3.05, 3.63) is 59.7 Å². The fourth-order valence-electron chi connectivity index (χ4n) is 3.12. The van der Waals surface area contributed by atoms with Crippen LogP contribution in [0.15, 0.2) is 36.9 Å². The maximum atomic E-state index is 13.9. The molecule has 0 spiro atoms. The highest BCUT2D eigenvalue weighted by Crippen LogP contribution is 2.22. The van der Waals surface area contributed by atoms with E-state index in [-0.39, 0.29) is 36.3 Å². The Balaban J connectivity index is 1.80. The van der Waals surface area contributed by atoms with Crippen molar-refractivity contribution >= 4 is 11.8 Å². The van der Waals surface area contributed by atoms with E-state index >= 15 is 0 Å². The van der Waals surface area contributed by atoms with Gasteiger partial charge < -0.3 is 9.80 Å². The molecule has 0 N–H and O–H groups in total. The molecular weight excluding hydrogens is 342 g/mol. The van der Waals surface area contributed by atoms with Crippen LogP contribution in [0.5, 0.6) is 0 Å². The average Bonchev–Trinajstić information content (AvgIpc) is 2.64. The van der Waals surface area contributed by atoms with Crippen LogP contribution in [0.4, 0.5) is 8.78 Å². The molecule has 0 saturated carbocycles. The third kappa shape index (κ3) is 3.14. The van der Waals surface area contributed by atoms with Crippen molar-refractivity contribution in [1.82, 2.24) is 19.8 Å². The van der Waals surface area contributed by atoms with Crippen LogP contribution in [0.25, 0.3) is 0 Å². The van der Waals surface area contributed by atoms with Crippen molar-refractivity contribution in [1.29, 1.82) is 0 Å². The van der Waals surface area contributed by atoms with Gasteiger partial charge in [-0.2, -0.15) is 0 Å². The average molecular weight is 360 g/mol. The third-order valence-electron chi connectivity index (χ3n) is 4.79. The van der Waals surface area contributed by atoms with E-state index in [9.17, 15) is 18.4 Å². The molecule has 136 valence electrons. The van der Waals surface area contributed by atoms with Crippen LogP contribution in [0.2, 0.25) is 0 Å². The van der Waals surface area contributed by atoms with Crippen LogP contribution in [0.1, 0.15) is 34.6 Å². The molecule has 1 aliphatic heterocycles. The van der Waals surface area contributed by atoms with Crippen LogP contribution >= 0.6 is 0 Å². The monoisotopic (exact) mass is 360 g/mol. The molecule has 2 unspecified atom stereocenters. The summed E-state index contributed by atoms with van der Waals surface area (Å²) in [4.78, 5) is 35.7. The Labute approximate surface area is 149 Å². The van der Waals surface area contributed by atoms with Gasteiger partial charge in [-0.1, -0.05) is 0 Å². The topological polar surface area (TPSA) is 66.4 Å². The fourth-order valence-corrected chi connectivity index (χ4v) is 3.12. The lowest BCUT2D eigenvalue weighted by Crippen LogP contribution is -2.60. The highest BCUT2D eigenvalue weighted by atomic mass is 19.1. The summed E-state index contributed by atoms with van der Waals surface area (Å²) < 4.78 is 27.7. The van der Waals surface area contributed by atoms with Gasteiger partial charge in [0, 0.05) is 37.6 Å². The lowest BCUT2D eigenvalue weighted by molar-refractivity contribution is 0.0236. The minimum Gasteiger partial charge on any atom is -0.332 e. The highest BCUT2D eigenvalue weighted by Gasteiger charge is 2.37. The van der Waals surface area contributed by atoms with Gasteiger partial charge >= 0.3 is 0 Å². The zero-order valence-corrected chi connectivity index (χ0v) is 14.4. The molecule has 0 bridgehead atoms. The van der Waals surface area contributed by atoms with Gasteiger partial charge in [-0.25, -0.2) is 8.78 Å². The number of aromatic nitrogens is 2. The van der Waals surface area contributed by atoms with Gasteiger partial charge in [-0.3, -0.25) is 19.6 Å². The Hall–Kier alpha value is -2.90. The predicted octanol–water partition coefficient (Wildman–Crippen LogP) is 2.13. The van der Waals surface area contributed by atoms with E-state index in [0.29, 0.717) is 0 Å². The van der Waals surface area contributed by atoms with E-state index in [1.54, 1.807) is 13.8 Å². The summed E-state index contributed by atoms with van der Waals surface area (Å²) in [7, 11) is 0. The lowest BCUT2D eigenvalue weighted by atomic mass is 10.0. The van der Waals surface area contributed by atoms with Crippen molar-refractivity contribution in [2.24, 2.45) is 0 Å². The zero-order valence-electron chi connectivity index (χ0n) is 14.4. The van der Waals surface area contributed by atoms with Crippen LogP contribution in [-0.2, 0) is 0 Å². The minimum atomic E-state index is -0.685. The number of halogens is 2. The van der Waals surface area contributed by atoms with E-state index in [2.05, 4.69) is 9.97 Å². The summed E-state index contributed by atoms with van der Waals surface area (Å²) in [5.41, 5.74) is -0.113.